The second-order valence-electron chi connectivity index (χ2n) is 9.14. The van der Waals surface area contributed by atoms with E-state index in [-0.39, 0.29) is 24.5 Å². The maximum absolute atomic E-state index is 13.6. The second kappa shape index (κ2) is 12.7. The molecule has 3 aromatic carbocycles. The van der Waals surface area contributed by atoms with Crippen molar-refractivity contribution in [3.8, 4) is 5.75 Å². The molecule has 184 valence electrons. The van der Waals surface area contributed by atoms with Crippen LogP contribution in [-0.4, -0.2) is 35.4 Å². The quantitative estimate of drug-likeness (QED) is 0.415. The summed E-state index contributed by atoms with van der Waals surface area (Å²) < 4.78 is 5.85. The van der Waals surface area contributed by atoms with E-state index in [9.17, 15) is 9.59 Å². The molecule has 0 bridgehead atoms. The van der Waals surface area contributed by atoms with E-state index in [0.29, 0.717) is 18.7 Å². The Morgan fingerprint density at radius 1 is 0.886 bits per heavy atom. The van der Waals surface area contributed by atoms with Gasteiger partial charge in [-0.1, -0.05) is 79.2 Å². The number of ether oxygens (including phenoxy) is 1. The molecule has 2 atom stereocenters. The zero-order valence-electron chi connectivity index (χ0n) is 21.2. The van der Waals surface area contributed by atoms with Crippen LogP contribution in [0, 0.1) is 13.8 Å². The molecule has 3 rings (SSSR count). The van der Waals surface area contributed by atoms with Crippen molar-refractivity contribution in [3.63, 3.8) is 0 Å². The van der Waals surface area contributed by atoms with E-state index in [1.165, 1.54) is 0 Å². The lowest BCUT2D eigenvalue weighted by molar-refractivity contribution is -0.143. The maximum atomic E-state index is 13.6. The number of carbonyl (C=O) groups is 2. The summed E-state index contributed by atoms with van der Waals surface area (Å²) in [6.45, 7) is 8.19. The van der Waals surface area contributed by atoms with Gasteiger partial charge >= 0.3 is 0 Å². The molecule has 0 aromatic heterocycles. The van der Waals surface area contributed by atoms with Gasteiger partial charge in [0.1, 0.15) is 11.8 Å². The highest BCUT2D eigenvalue weighted by Gasteiger charge is 2.31. The number of nitrogens with zero attached hydrogens (tertiary/aromatic N) is 1. The van der Waals surface area contributed by atoms with Crippen LogP contribution in [0.15, 0.2) is 78.9 Å². The second-order valence-corrected chi connectivity index (χ2v) is 9.14. The number of amides is 2. The number of nitrogens with one attached hydrogen (secondary N) is 1. The Morgan fingerprint density at radius 2 is 1.60 bits per heavy atom. The van der Waals surface area contributed by atoms with Gasteiger partial charge in [-0.3, -0.25) is 9.59 Å². The molecule has 0 aliphatic rings. The van der Waals surface area contributed by atoms with Gasteiger partial charge in [-0.2, -0.15) is 0 Å². The van der Waals surface area contributed by atoms with Crippen LogP contribution >= 0.6 is 0 Å². The summed E-state index contributed by atoms with van der Waals surface area (Å²) >= 11 is 0. The van der Waals surface area contributed by atoms with E-state index < -0.39 is 6.04 Å². The van der Waals surface area contributed by atoms with Crippen LogP contribution in [0.5, 0.6) is 5.75 Å². The monoisotopic (exact) mass is 472 g/mol. The van der Waals surface area contributed by atoms with Gasteiger partial charge in [0, 0.05) is 19.0 Å². The molecule has 35 heavy (non-hydrogen) atoms. The highest BCUT2D eigenvalue weighted by atomic mass is 16.5. The number of rotatable bonds is 11. The van der Waals surface area contributed by atoms with E-state index in [0.717, 1.165) is 28.7 Å². The van der Waals surface area contributed by atoms with Crippen molar-refractivity contribution in [2.24, 2.45) is 0 Å². The number of hydrogen-bond acceptors (Lipinski definition) is 3. The van der Waals surface area contributed by atoms with Crippen molar-refractivity contribution >= 4 is 11.8 Å². The minimum Gasteiger partial charge on any atom is -0.484 e. The topological polar surface area (TPSA) is 58.6 Å². The van der Waals surface area contributed by atoms with Gasteiger partial charge in [-0.15, -0.1) is 0 Å². The Morgan fingerprint density at radius 3 is 2.26 bits per heavy atom. The molecule has 0 saturated carbocycles. The lowest BCUT2D eigenvalue weighted by Gasteiger charge is -2.32. The SMILES string of the molecule is CCC(C)NC(=O)C(Cc1ccccc1)N(Cc1ccc(C)cc1)C(=O)COc1cccc(C)c1. The van der Waals surface area contributed by atoms with Gasteiger partial charge in [-0.25, -0.2) is 0 Å². The van der Waals surface area contributed by atoms with Crippen molar-refractivity contribution in [2.45, 2.75) is 59.2 Å². The summed E-state index contributed by atoms with van der Waals surface area (Å²) in [6, 6.07) is 24.8. The molecular formula is C30H36N2O3. The Labute approximate surface area is 209 Å². The lowest BCUT2D eigenvalue weighted by Crippen LogP contribution is -2.53. The van der Waals surface area contributed by atoms with Crippen LogP contribution in [-0.2, 0) is 22.6 Å². The standard InChI is InChI=1S/C30H36N2O3/c1-5-24(4)31-30(34)28(19-25-11-7-6-8-12-25)32(20-26-16-14-22(2)15-17-26)29(33)21-35-27-13-9-10-23(3)18-27/h6-18,24,28H,5,19-21H2,1-4H3,(H,31,34). The van der Waals surface area contributed by atoms with Crippen LogP contribution in [0.4, 0.5) is 0 Å². The average molecular weight is 473 g/mol. The first-order chi connectivity index (χ1) is 16.9. The molecule has 2 amide bonds. The Hall–Kier alpha value is -3.60. The molecule has 0 radical (unpaired) electrons. The summed E-state index contributed by atoms with van der Waals surface area (Å²) in [7, 11) is 0. The largest absolute Gasteiger partial charge is 0.484 e. The van der Waals surface area contributed by atoms with Crippen LogP contribution < -0.4 is 10.1 Å². The summed E-state index contributed by atoms with van der Waals surface area (Å²) in [5.74, 6) is 0.254. The first kappa shape index (κ1) is 26.0. The van der Waals surface area contributed by atoms with Gasteiger partial charge in [0.15, 0.2) is 6.61 Å². The molecule has 2 unspecified atom stereocenters. The highest BCUT2D eigenvalue weighted by molar-refractivity contribution is 5.88. The third kappa shape index (κ3) is 7.99. The molecule has 5 heteroatoms. The lowest BCUT2D eigenvalue weighted by atomic mass is 10.0. The van der Waals surface area contributed by atoms with Crippen molar-refractivity contribution in [2.75, 3.05) is 6.61 Å². The number of benzene rings is 3. The average Bonchev–Trinajstić information content (AvgIpc) is 2.86. The van der Waals surface area contributed by atoms with E-state index in [1.807, 2.05) is 107 Å². The van der Waals surface area contributed by atoms with Crippen molar-refractivity contribution in [1.82, 2.24) is 10.2 Å². The third-order valence-electron chi connectivity index (χ3n) is 6.10. The van der Waals surface area contributed by atoms with Gasteiger partial charge < -0.3 is 15.0 Å². The Kier molecular flexibility index (Phi) is 9.47. The first-order valence-corrected chi connectivity index (χ1v) is 12.2. The molecular weight excluding hydrogens is 436 g/mol. The van der Waals surface area contributed by atoms with Crippen LogP contribution in [0.25, 0.3) is 0 Å². The van der Waals surface area contributed by atoms with Crippen molar-refractivity contribution in [3.05, 3.63) is 101 Å². The zero-order chi connectivity index (χ0) is 25.2. The van der Waals surface area contributed by atoms with Crippen molar-refractivity contribution in [1.29, 1.82) is 0 Å². The fraction of sp³-hybridized carbons (Fsp3) is 0.333. The highest BCUT2D eigenvalue weighted by Crippen LogP contribution is 2.17. The van der Waals surface area contributed by atoms with Gasteiger partial charge in [-0.05, 0) is 56.0 Å². The molecule has 0 aliphatic heterocycles. The Bertz CT molecular complexity index is 1100. The fourth-order valence-corrected chi connectivity index (χ4v) is 3.82. The summed E-state index contributed by atoms with van der Waals surface area (Å²) in [6.07, 6.45) is 1.23. The van der Waals surface area contributed by atoms with E-state index in [1.54, 1.807) is 4.90 Å². The zero-order valence-corrected chi connectivity index (χ0v) is 21.2. The Balaban J connectivity index is 1.90. The molecule has 1 N–H and O–H groups in total. The van der Waals surface area contributed by atoms with Gasteiger partial charge in [0.05, 0.1) is 0 Å². The molecule has 0 heterocycles. The normalized spacial score (nSPS) is 12.5. The number of carbonyl (C=O) groups excluding carboxylic acids is 2. The smallest absolute Gasteiger partial charge is 0.261 e. The molecule has 3 aromatic rings. The van der Waals surface area contributed by atoms with Crippen LogP contribution in [0.3, 0.4) is 0 Å². The molecule has 0 saturated heterocycles. The summed E-state index contributed by atoms with van der Waals surface area (Å²) in [4.78, 5) is 28.7. The van der Waals surface area contributed by atoms with Gasteiger partial charge in [0.25, 0.3) is 5.91 Å². The molecule has 0 fully saturated rings. The van der Waals surface area contributed by atoms with Crippen molar-refractivity contribution < 1.29 is 14.3 Å². The maximum Gasteiger partial charge on any atom is 0.261 e. The number of hydrogen-bond donors (Lipinski definition) is 1. The predicted octanol–water partition coefficient (Wildman–Crippen LogP) is 5.24. The summed E-state index contributed by atoms with van der Waals surface area (Å²) in [5, 5.41) is 3.09. The van der Waals surface area contributed by atoms with Gasteiger partial charge in [0.2, 0.25) is 5.91 Å². The fourth-order valence-electron chi connectivity index (χ4n) is 3.82. The minimum atomic E-state index is -0.665. The van der Waals surface area contributed by atoms with E-state index >= 15 is 0 Å². The summed E-state index contributed by atoms with van der Waals surface area (Å²) in [5.41, 5.74) is 4.16. The molecule has 0 spiro atoms. The van der Waals surface area contributed by atoms with Crippen LogP contribution in [0.2, 0.25) is 0 Å². The van der Waals surface area contributed by atoms with Crippen LogP contribution in [0.1, 0.15) is 42.5 Å². The van der Waals surface area contributed by atoms with E-state index in [4.69, 9.17) is 4.74 Å². The third-order valence-corrected chi connectivity index (χ3v) is 6.10. The predicted molar refractivity (Wildman–Crippen MR) is 140 cm³/mol. The van der Waals surface area contributed by atoms with E-state index in [2.05, 4.69) is 5.32 Å². The molecule has 5 nitrogen and oxygen atoms in total. The first-order valence-electron chi connectivity index (χ1n) is 12.2. The number of aryl methyl sites for hydroxylation is 2. The minimum absolute atomic E-state index is 0.0145. The molecule has 0 aliphatic carbocycles.